The molecule has 0 amide bonds. The average molecular weight is 462 g/mol. The van der Waals surface area contributed by atoms with Gasteiger partial charge in [0.25, 0.3) is 0 Å². The Bertz CT molecular complexity index is 208. The van der Waals surface area contributed by atoms with Crippen molar-refractivity contribution in [2.45, 2.75) is 59.5 Å². The van der Waals surface area contributed by atoms with Crippen LogP contribution in [0.15, 0.2) is 0 Å². The molecule has 0 aliphatic carbocycles. The van der Waals surface area contributed by atoms with Crippen molar-refractivity contribution >= 4 is 0 Å². The maximum atomic E-state index is 4.51. The molecule has 0 radical (unpaired) electrons. The quantitative estimate of drug-likeness (QED) is 0.504. The monoisotopic (exact) mass is 462 g/mol. The largest absolute Gasteiger partial charge is 2.00 e. The second-order valence-corrected chi connectivity index (χ2v) is 6.60. The van der Waals surface area contributed by atoms with Crippen LogP contribution in [0.4, 0.5) is 0 Å². The first kappa shape index (κ1) is 18.0. The molecule has 2 unspecified atom stereocenters. The zero-order chi connectivity index (χ0) is 12.3. The summed E-state index contributed by atoms with van der Waals surface area (Å²) in [5.74, 6) is 2.35. The van der Waals surface area contributed by atoms with Crippen LogP contribution in [0.2, 0.25) is 0 Å². The second-order valence-electron chi connectivity index (χ2n) is 6.60. The van der Waals surface area contributed by atoms with Crippen LogP contribution in [0, 0.1) is 42.9 Å². The maximum Gasteiger partial charge on any atom is 2.00 e. The third-order valence-electron chi connectivity index (χ3n) is 3.24. The van der Waals surface area contributed by atoms with Gasteiger partial charge in [0.05, 0.1) is 0 Å². The number of likely N-dealkylation sites (tertiary alicyclic amines) is 1. The van der Waals surface area contributed by atoms with Crippen molar-refractivity contribution in [2.75, 3.05) is 19.6 Å². The van der Waals surface area contributed by atoms with Gasteiger partial charge in [-0.2, -0.15) is 20.8 Å². The summed E-state index contributed by atoms with van der Waals surface area (Å²) in [6.07, 6.45) is 1.37. The van der Waals surface area contributed by atoms with E-state index < -0.39 is 0 Å². The minimum absolute atomic E-state index is 0. The van der Waals surface area contributed by atoms with Crippen molar-refractivity contribution in [3.63, 3.8) is 0 Å². The van der Waals surface area contributed by atoms with E-state index in [1.807, 2.05) is 0 Å². The van der Waals surface area contributed by atoms with E-state index in [-0.39, 0.29) is 31.1 Å². The maximum absolute atomic E-state index is 4.51. The SMILES string of the molecule is CC(C)(C)N1CCC2C[N-]C2C1.C[C-](C)C.[U+2]. The zero-order valence-corrected chi connectivity index (χ0v) is 16.5. The Labute approximate surface area is 132 Å². The molecule has 2 aliphatic rings. The predicted molar refractivity (Wildman–Crippen MR) is 71.7 cm³/mol. The molecule has 0 saturated carbocycles. The van der Waals surface area contributed by atoms with Crippen LogP contribution in [0.5, 0.6) is 0 Å². The molecule has 2 heterocycles. The molecule has 2 nitrogen and oxygen atoms in total. The number of rotatable bonds is 0. The van der Waals surface area contributed by atoms with E-state index in [0.717, 1.165) is 12.5 Å². The molecule has 0 aromatic rings. The number of fused-ring (bicyclic) bond motifs is 1. The van der Waals surface area contributed by atoms with Gasteiger partial charge in [-0.3, -0.25) is 4.90 Å². The zero-order valence-electron chi connectivity index (χ0n) is 12.4. The summed E-state index contributed by atoms with van der Waals surface area (Å²) in [4.78, 5) is 2.57. The molecule has 2 saturated heterocycles. The molecule has 3 heteroatoms. The van der Waals surface area contributed by atoms with Crippen LogP contribution in [0.3, 0.4) is 0 Å². The van der Waals surface area contributed by atoms with E-state index in [1.54, 1.807) is 0 Å². The van der Waals surface area contributed by atoms with Gasteiger partial charge in [0.15, 0.2) is 0 Å². The summed E-state index contributed by atoms with van der Waals surface area (Å²) in [5, 5.41) is 4.51. The normalized spacial score (nSPS) is 28.4. The first-order valence-corrected chi connectivity index (χ1v) is 6.49. The van der Waals surface area contributed by atoms with Gasteiger partial charge in [-0.1, -0.05) is 5.92 Å². The molecule has 17 heavy (non-hydrogen) atoms. The third kappa shape index (κ3) is 6.10. The Balaban J connectivity index is 0.000000453. The molecular formula is C14H28N2U. The smallest absolute Gasteiger partial charge is 0.658 e. The number of hydrogen-bond acceptors (Lipinski definition) is 1. The number of hydrogen-bond donors (Lipinski definition) is 0. The summed E-state index contributed by atoms with van der Waals surface area (Å²) < 4.78 is 0. The Morgan fingerprint density at radius 3 is 2.00 bits per heavy atom. The van der Waals surface area contributed by atoms with Gasteiger partial charge in [0, 0.05) is 5.54 Å². The van der Waals surface area contributed by atoms with Crippen LogP contribution in [-0.4, -0.2) is 36.1 Å². The van der Waals surface area contributed by atoms with Gasteiger partial charge < -0.3 is 11.2 Å². The van der Waals surface area contributed by atoms with E-state index in [4.69, 9.17) is 0 Å². The second kappa shape index (κ2) is 7.53. The Hall–Kier alpha value is 0.972. The van der Waals surface area contributed by atoms with Crippen LogP contribution >= 0.6 is 0 Å². The molecule has 2 rings (SSSR count). The number of nitrogens with zero attached hydrogens (tertiary/aromatic N) is 2. The molecule has 2 aliphatic heterocycles. The molecular weight excluding hydrogens is 434 g/mol. The van der Waals surface area contributed by atoms with E-state index >= 15 is 0 Å². The summed E-state index contributed by atoms with van der Waals surface area (Å²) in [6, 6.07) is 0.679. The van der Waals surface area contributed by atoms with Crippen molar-refractivity contribution in [1.29, 1.82) is 0 Å². The van der Waals surface area contributed by atoms with Crippen LogP contribution < -0.4 is 0 Å². The van der Waals surface area contributed by atoms with Gasteiger partial charge in [-0.25, -0.2) is 0 Å². The van der Waals surface area contributed by atoms with Gasteiger partial charge in [0.1, 0.15) is 0 Å². The molecule has 2 atom stereocenters. The van der Waals surface area contributed by atoms with Crippen molar-refractivity contribution in [2.24, 2.45) is 5.92 Å². The fraction of sp³-hybridized carbons (Fsp3) is 0.929. The summed E-state index contributed by atoms with van der Waals surface area (Å²) in [7, 11) is 0. The fourth-order valence-corrected chi connectivity index (χ4v) is 2.14. The molecule has 0 N–H and O–H groups in total. The van der Waals surface area contributed by atoms with E-state index in [9.17, 15) is 0 Å². The molecule has 0 aromatic heterocycles. The van der Waals surface area contributed by atoms with E-state index in [1.165, 1.54) is 25.4 Å². The molecule has 2 fully saturated rings. The van der Waals surface area contributed by atoms with Crippen molar-refractivity contribution < 1.29 is 31.1 Å². The summed E-state index contributed by atoms with van der Waals surface area (Å²) in [5.41, 5.74) is 0.343. The molecule has 0 spiro atoms. The topological polar surface area (TPSA) is 17.3 Å². The van der Waals surface area contributed by atoms with E-state index in [2.05, 4.69) is 51.8 Å². The Kier molecular flexibility index (Phi) is 7.97. The molecule has 98 valence electrons. The molecule has 0 aromatic carbocycles. The first-order valence-electron chi connectivity index (χ1n) is 6.49. The minimum atomic E-state index is 0. The fourth-order valence-electron chi connectivity index (χ4n) is 2.14. The van der Waals surface area contributed by atoms with Crippen LogP contribution in [0.25, 0.3) is 5.32 Å². The van der Waals surface area contributed by atoms with Crippen LogP contribution in [-0.2, 0) is 0 Å². The predicted octanol–water partition coefficient (Wildman–Crippen LogP) is 3.48. The summed E-state index contributed by atoms with van der Waals surface area (Å²) >= 11 is 0. The van der Waals surface area contributed by atoms with Gasteiger partial charge in [-0.15, -0.1) is 12.6 Å². The van der Waals surface area contributed by atoms with Crippen molar-refractivity contribution in [3.05, 3.63) is 11.2 Å². The summed E-state index contributed by atoms with van der Waals surface area (Å²) in [6.45, 7) is 16.8. The first-order chi connectivity index (χ1) is 7.30. The average Bonchev–Trinajstić information content (AvgIpc) is 2.04. The van der Waals surface area contributed by atoms with Crippen molar-refractivity contribution in [1.82, 2.24) is 4.90 Å². The number of piperidine rings is 1. The van der Waals surface area contributed by atoms with Gasteiger partial charge in [0.2, 0.25) is 0 Å². The standard InChI is InChI=1S/C10H19N2.C4H9.U/c1-10(2,3)12-5-4-8-6-11-9(8)7-12;1-4(2)3;/h8-9H,4-7H2,1-3H3;1-3H3;/q2*-1;+2. The van der Waals surface area contributed by atoms with Crippen molar-refractivity contribution in [3.8, 4) is 0 Å². The Morgan fingerprint density at radius 2 is 1.71 bits per heavy atom. The van der Waals surface area contributed by atoms with Crippen LogP contribution in [0.1, 0.15) is 48.0 Å². The van der Waals surface area contributed by atoms with Gasteiger partial charge in [-0.05, 0) is 40.3 Å². The Morgan fingerprint density at radius 1 is 1.18 bits per heavy atom. The molecule has 0 bridgehead atoms. The minimum Gasteiger partial charge on any atom is -0.658 e. The van der Waals surface area contributed by atoms with E-state index in [0.29, 0.717) is 11.6 Å². The van der Waals surface area contributed by atoms with Gasteiger partial charge >= 0.3 is 31.1 Å². The third-order valence-corrected chi connectivity index (χ3v) is 3.24.